The van der Waals surface area contributed by atoms with Crippen molar-refractivity contribution in [1.29, 1.82) is 0 Å². The third kappa shape index (κ3) is 3.58. The van der Waals surface area contributed by atoms with Crippen molar-refractivity contribution in [3.05, 3.63) is 103 Å². The smallest absolute Gasteiger partial charge is 0.309 e. The van der Waals surface area contributed by atoms with Gasteiger partial charge in [-0.3, -0.25) is 0 Å². The largest absolute Gasteiger partial charge is 0.427 e. The molecule has 0 atom stereocenters. The quantitative estimate of drug-likeness (QED) is 0.393. The Balaban J connectivity index is 1.69. The van der Waals surface area contributed by atoms with E-state index in [2.05, 4.69) is 103 Å². The number of fused-ring (bicyclic) bond motifs is 3. The van der Waals surface area contributed by atoms with Gasteiger partial charge >= 0.3 is 7.48 Å². The van der Waals surface area contributed by atoms with Gasteiger partial charge in [0.05, 0.1) is 11.2 Å². The van der Waals surface area contributed by atoms with E-state index >= 15 is 0 Å². The maximum absolute atomic E-state index is 10.5. The summed E-state index contributed by atoms with van der Waals surface area (Å²) in [6.07, 6.45) is 0. The van der Waals surface area contributed by atoms with E-state index in [4.69, 9.17) is 4.65 Å². The fourth-order valence-corrected chi connectivity index (χ4v) is 10.2. The van der Waals surface area contributed by atoms with Gasteiger partial charge in [-0.1, -0.05) is 109 Å². The summed E-state index contributed by atoms with van der Waals surface area (Å²) >= 11 is 0. The molecule has 4 aromatic rings. The second kappa shape index (κ2) is 8.39. The summed E-state index contributed by atoms with van der Waals surface area (Å²) in [6, 6.07) is 37.8. The van der Waals surface area contributed by atoms with Gasteiger partial charge in [0.15, 0.2) is 8.07 Å². The van der Waals surface area contributed by atoms with Crippen LogP contribution in [0.4, 0.5) is 0 Å². The lowest BCUT2D eigenvalue weighted by Gasteiger charge is -2.37. The van der Waals surface area contributed by atoms with Crippen molar-refractivity contribution in [2.24, 2.45) is 0 Å². The monoisotopic (exact) mass is 462 g/mol. The fourth-order valence-electron chi connectivity index (χ4n) is 5.03. The predicted octanol–water partition coefficient (Wildman–Crippen LogP) is 2.59. The lowest BCUT2D eigenvalue weighted by atomic mass is 9.81. The van der Waals surface area contributed by atoms with Crippen LogP contribution >= 0.6 is 0 Å². The molecule has 0 aromatic heterocycles. The van der Waals surface area contributed by atoms with Crippen molar-refractivity contribution in [3.63, 3.8) is 0 Å². The number of rotatable bonds is 6. The van der Waals surface area contributed by atoms with Crippen LogP contribution < -0.4 is 26.2 Å². The molecule has 1 aliphatic heterocycles. The van der Waals surface area contributed by atoms with Crippen molar-refractivity contribution in [1.82, 2.24) is 0 Å². The van der Waals surface area contributed by atoms with E-state index in [0.29, 0.717) is 7.48 Å². The molecular weight excluding hydrogens is 431 g/mol. The number of aliphatic hydroxyl groups is 1. The molecule has 1 N–H and O–H groups in total. The molecule has 4 aromatic carbocycles. The summed E-state index contributed by atoms with van der Waals surface area (Å²) in [6.45, 7) is 7.48. The van der Waals surface area contributed by atoms with Gasteiger partial charge in [0.25, 0.3) is 0 Å². The standard InChI is InChI=1S/C30H31BO2Si/c1-29(2,32)30(3,4)33-31-22-19-20-28-26(21-22)25-17-11-12-18-27(25)34(28,23-13-7-5-8-14-23)24-15-9-6-10-16-24/h5-21,31-32H,1-4H3. The molecule has 34 heavy (non-hydrogen) atoms. The highest BCUT2D eigenvalue weighted by atomic mass is 28.3. The SMILES string of the molecule is CC(C)(O)C(C)(C)OBc1ccc2c(c1)-c1ccccc1[Si]2(c1ccccc1)c1ccccc1. The van der Waals surface area contributed by atoms with Gasteiger partial charge in [0.2, 0.25) is 0 Å². The van der Waals surface area contributed by atoms with Crippen LogP contribution in [-0.4, -0.2) is 31.9 Å². The lowest BCUT2D eigenvalue weighted by Crippen LogP contribution is -2.72. The number of hydrogen-bond donors (Lipinski definition) is 1. The van der Waals surface area contributed by atoms with Crippen LogP contribution in [0.3, 0.4) is 0 Å². The van der Waals surface area contributed by atoms with Crippen molar-refractivity contribution in [3.8, 4) is 11.1 Å². The van der Waals surface area contributed by atoms with Gasteiger partial charge < -0.3 is 9.76 Å². The highest BCUT2D eigenvalue weighted by molar-refractivity contribution is 7.22. The van der Waals surface area contributed by atoms with Crippen molar-refractivity contribution in [2.45, 2.75) is 38.9 Å². The first-order valence-electron chi connectivity index (χ1n) is 12.0. The molecule has 1 aliphatic rings. The third-order valence-electron chi connectivity index (χ3n) is 7.60. The molecule has 0 unspecified atom stereocenters. The van der Waals surface area contributed by atoms with Gasteiger partial charge in [-0.15, -0.1) is 0 Å². The normalized spacial score (nSPS) is 14.4. The molecule has 4 heteroatoms. The van der Waals surface area contributed by atoms with Crippen LogP contribution in [0.25, 0.3) is 11.1 Å². The molecule has 0 bridgehead atoms. The van der Waals surface area contributed by atoms with E-state index in [1.165, 1.54) is 31.9 Å². The summed E-state index contributed by atoms with van der Waals surface area (Å²) in [5, 5.41) is 16.2. The minimum atomic E-state index is -2.42. The average Bonchev–Trinajstić information content (AvgIpc) is 3.14. The fraction of sp³-hybridized carbons (Fsp3) is 0.200. The Hall–Kier alpha value is -2.92. The topological polar surface area (TPSA) is 29.5 Å². The molecule has 0 saturated heterocycles. The maximum Gasteiger partial charge on any atom is 0.309 e. The Labute approximate surface area is 204 Å². The Morgan fingerprint density at radius 2 is 1.18 bits per heavy atom. The number of benzene rings is 4. The van der Waals surface area contributed by atoms with Gasteiger partial charge in [0, 0.05) is 0 Å². The molecule has 0 fully saturated rings. The molecule has 0 amide bonds. The highest BCUT2D eigenvalue weighted by Gasteiger charge is 2.48. The van der Waals surface area contributed by atoms with E-state index in [-0.39, 0.29) is 0 Å². The second-order valence-electron chi connectivity index (χ2n) is 10.3. The Kier molecular flexibility index (Phi) is 5.64. The van der Waals surface area contributed by atoms with Crippen molar-refractivity contribution in [2.75, 3.05) is 0 Å². The maximum atomic E-state index is 10.5. The average molecular weight is 462 g/mol. The van der Waals surface area contributed by atoms with Gasteiger partial charge in [0.1, 0.15) is 0 Å². The Morgan fingerprint density at radius 1 is 0.647 bits per heavy atom. The Bertz CT molecular complexity index is 1270. The van der Waals surface area contributed by atoms with Crippen LogP contribution in [0.5, 0.6) is 0 Å². The molecule has 0 aliphatic carbocycles. The van der Waals surface area contributed by atoms with E-state index in [9.17, 15) is 5.11 Å². The van der Waals surface area contributed by atoms with Crippen LogP contribution in [0.2, 0.25) is 0 Å². The summed E-state index contributed by atoms with van der Waals surface area (Å²) in [7, 11) is -1.96. The van der Waals surface area contributed by atoms with Crippen molar-refractivity contribution < 1.29 is 9.76 Å². The molecule has 2 nitrogen and oxygen atoms in total. The van der Waals surface area contributed by atoms with Crippen LogP contribution in [0.15, 0.2) is 103 Å². The predicted molar refractivity (Wildman–Crippen MR) is 147 cm³/mol. The van der Waals surface area contributed by atoms with E-state index in [1.807, 2.05) is 13.8 Å². The van der Waals surface area contributed by atoms with Crippen LogP contribution in [-0.2, 0) is 4.65 Å². The molecule has 0 radical (unpaired) electrons. The summed E-state index contributed by atoms with van der Waals surface area (Å²) in [5.41, 5.74) is 2.16. The minimum absolute atomic E-state index is 0.456. The van der Waals surface area contributed by atoms with E-state index < -0.39 is 19.3 Å². The second-order valence-corrected chi connectivity index (χ2v) is 14.0. The summed E-state index contributed by atoms with van der Waals surface area (Å²) in [5.74, 6) is 0. The lowest BCUT2D eigenvalue weighted by molar-refractivity contribution is -0.0893. The molecular formula is C30H31BO2Si. The number of hydrogen-bond acceptors (Lipinski definition) is 2. The minimum Gasteiger partial charge on any atom is -0.427 e. The van der Waals surface area contributed by atoms with E-state index in [1.54, 1.807) is 13.8 Å². The zero-order chi connectivity index (χ0) is 24.0. The first-order chi connectivity index (χ1) is 16.2. The van der Waals surface area contributed by atoms with E-state index in [0.717, 1.165) is 5.46 Å². The van der Waals surface area contributed by atoms with Crippen LogP contribution in [0.1, 0.15) is 27.7 Å². The Morgan fingerprint density at radius 3 is 1.76 bits per heavy atom. The first-order valence-corrected chi connectivity index (χ1v) is 14.0. The molecule has 0 saturated carbocycles. The molecule has 1 heterocycles. The third-order valence-corrected chi connectivity index (χ3v) is 12.5. The zero-order valence-corrected chi connectivity index (χ0v) is 21.4. The molecule has 170 valence electrons. The first kappa shape index (κ1) is 22.9. The summed E-state index contributed by atoms with van der Waals surface area (Å²) < 4.78 is 6.21. The van der Waals surface area contributed by atoms with Crippen LogP contribution in [0, 0.1) is 0 Å². The molecule has 5 rings (SSSR count). The zero-order valence-electron chi connectivity index (χ0n) is 20.4. The summed E-state index contributed by atoms with van der Waals surface area (Å²) in [4.78, 5) is 0. The van der Waals surface area contributed by atoms with Gasteiger partial charge in [-0.05, 0) is 59.6 Å². The van der Waals surface area contributed by atoms with Crippen molar-refractivity contribution >= 4 is 41.8 Å². The van der Waals surface area contributed by atoms with Gasteiger partial charge in [-0.25, -0.2) is 0 Å². The molecule has 0 spiro atoms. The van der Waals surface area contributed by atoms with Gasteiger partial charge in [-0.2, -0.15) is 0 Å². The highest BCUT2D eigenvalue weighted by Crippen LogP contribution is 2.28.